The Hall–Kier alpha value is -9.96. The van der Waals surface area contributed by atoms with Gasteiger partial charge in [-0.15, -0.1) is 0 Å². The van der Waals surface area contributed by atoms with Gasteiger partial charge < -0.3 is 55.0 Å². The molecule has 380 valence electrons. The molecule has 0 aliphatic carbocycles. The van der Waals surface area contributed by atoms with Gasteiger partial charge in [-0.3, -0.25) is 24.0 Å². The first-order valence-electron chi connectivity index (χ1n) is 22.5. The van der Waals surface area contributed by atoms with Crippen LogP contribution < -0.4 is 50.3 Å². The van der Waals surface area contributed by atoms with E-state index in [1.54, 1.807) is 31.2 Å². The maximum Gasteiger partial charge on any atom is 0.342 e. The Bertz CT molecular complexity index is 2980. The number of nitrogens with one attached hydrogen (secondary N) is 5. The Morgan fingerprint density at radius 3 is 1.76 bits per heavy atom. The molecule has 5 amide bonds. The van der Waals surface area contributed by atoms with E-state index in [0.717, 1.165) is 5.56 Å². The number of nitriles is 1. The number of rotatable bonds is 26. The molecule has 0 radical (unpaired) electrons. The fourth-order valence-corrected chi connectivity index (χ4v) is 6.67. The number of nitrogens with zero attached hydrogens (tertiary/aromatic N) is 2. The van der Waals surface area contributed by atoms with Crippen LogP contribution in [-0.2, 0) is 14.3 Å². The molecule has 74 heavy (non-hydrogen) atoms. The van der Waals surface area contributed by atoms with Crippen molar-refractivity contribution in [2.24, 2.45) is 0 Å². The van der Waals surface area contributed by atoms with Crippen LogP contribution in [0, 0.1) is 11.3 Å². The lowest BCUT2D eigenvalue weighted by molar-refractivity contribution is -0.118. The number of ether oxygens (including phenoxy) is 6. The predicted molar refractivity (Wildman–Crippen MR) is 279 cm³/mol. The normalized spacial score (nSPS) is 10.9. The molecule has 0 aliphatic rings. The van der Waals surface area contributed by atoms with Gasteiger partial charge in [-0.2, -0.15) is 5.26 Å². The number of pyridine rings is 1. The molecule has 0 saturated carbocycles. The summed E-state index contributed by atoms with van der Waals surface area (Å²) in [4.78, 5) is 83.9. The van der Waals surface area contributed by atoms with Crippen LogP contribution in [0.2, 0.25) is 0 Å². The lowest BCUT2D eigenvalue weighted by atomic mass is 10.1. The zero-order valence-corrected chi connectivity index (χ0v) is 40.8. The van der Waals surface area contributed by atoms with Crippen molar-refractivity contribution in [2.75, 3.05) is 61.9 Å². The van der Waals surface area contributed by atoms with E-state index in [4.69, 9.17) is 28.4 Å². The van der Waals surface area contributed by atoms with Crippen LogP contribution in [0.5, 0.6) is 28.7 Å². The van der Waals surface area contributed by atoms with Gasteiger partial charge in [0.05, 0.1) is 55.5 Å². The average Bonchev–Trinajstić information content (AvgIpc) is 3.40. The largest absolute Gasteiger partial charge is 0.491 e. The standard InChI is InChI=1S/C55H53N7O12/c1-8-28-71-39-19-12-35(13-20-39)32-34(5)50(63)58-37-16-14-36(15-17-37)51(64)62-45(26-27-56)54(67)59-38-18-23-44(57-33-38)53(66)61-43-24-21-40(46(48(43)69-6)72-29-9-2)52(65)60-42-25-22-41(55(68)74-31-11-4)47(49(42)70-7)73-30-10-3/h8-25,32-33,45H,1-4,26,28-31H2,5-7H3,(H,58,63)(H,59,67)(H,60,65)(H,61,66)(H,62,64)/t45-/m0/s1. The van der Waals surface area contributed by atoms with E-state index >= 15 is 0 Å². The van der Waals surface area contributed by atoms with Crippen LogP contribution in [-0.4, -0.2) is 87.2 Å². The minimum Gasteiger partial charge on any atom is -0.491 e. The summed E-state index contributed by atoms with van der Waals surface area (Å²) >= 11 is 0. The predicted octanol–water partition coefficient (Wildman–Crippen LogP) is 8.33. The first-order valence-corrected chi connectivity index (χ1v) is 22.5. The highest BCUT2D eigenvalue weighted by Crippen LogP contribution is 2.42. The van der Waals surface area contributed by atoms with Crippen molar-refractivity contribution in [1.29, 1.82) is 5.26 Å². The number of methoxy groups -OCH3 is 2. The monoisotopic (exact) mass is 1000 g/mol. The van der Waals surface area contributed by atoms with Crippen molar-refractivity contribution < 1.29 is 57.2 Å². The van der Waals surface area contributed by atoms with Crippen molar-refractivity contribution >= 4 is 64.3 Å². The molecule has 0 saturated heterocycles. The van der Waals surface area contributed by atoms with Crippen molar-refractivity contribution in [2.45, 2.75) is 19.4 Å². The molecule has 0 bridgehead atoms. The van der Waals surface area contributed by atoms with Crippen LogP contribution in [0.1, 0.15) is 60.5 Å². The second-order valence-corrected chi connectivity index (χ2v) is 15.4. The number of anilines is 4. The Kier molecular flexibility index (Phi) is 20.4. The van der Waals surface area contributed by atoms with Crippen LogP contribution in [0.25, 0.3) is 6.08 Å². The Morgan fingerprint density at radius 2 is 1.19 bits per heavy atom. The molecule has 5 aromatic rings. The van der Waals surface area contributed by atoms with Crippen molar-refractivity contribution in [3.63, 3.8) is 0 Å². The fraction of sp³-hybridized carbons (Fsp3) is 0.164. The van der Waals surface area contributed by atoms with Gasteiger partial charge in [0.15, 0.2) is 23.0 Å². The number of carbonyl (C=O) groups is 6. The van der Waals surface area contributed by atoms with Crippen LogP contribution in [0.3, 0.4) is 0 Å². The number of amides is 5. The summed E-state index contributed by atoms with van der Waals surface area (Å²) in [5.74, 6) is -3.27. The third-order valence-corrected chi connectivity index (χ3v) is 10.2. The zero-order valence-electron chi connectivity index (χ0n) is 40.8. The van der Waals surface area contributed by atoms with Gasteiger partial charge in [-0.05, 0) is 91.4 Å². The minimum absolute atomic E-state index is 0.00440. The molecule has 0 aliphatic heterocycles. The summed E-state index contributed by atoms with van der Waals surface area (Å²) in [6.45, 7) is 16.4. The fourth-order valence-electron chi connectivity index (χ4n) is 6.67. The molecule has 19 heteroatoms. The number of hydrogen-bond donors (Lipinski definition) is 5. The van der Waals surface area contributed by atoms with E-state index in [0.29, 0.717) is 23.6 Å². The summed E-state index contributed by atoms with van der Waals surface area (Å²) in [7, 11) is 2.64. The summed E-state index contributed by atoms with van der Waals surface area (Å²) < 4.78 is 33.5. The van der Waals surface area contributed by atoms with Gasteiger partial charge >= 0.3 is 5.97 Å². The molecule has 5 N–H and O–H groups in total. The van der Waals surface area contributed by atoms with Gasteiger partial charge in [0.25, 0.3) is 23.6 Å². The molecule has 1 heterocycles. The highest BCUT2D eigenvalue weighted by molar-refractivity contribution is 6.11. The van der Waals surface area contributed by atoms with Gasteiger partial charge in [0.1, 0.15) is 49.5 Å². The Morgan fingerprint density at radius 1 is 0.622 bits per heavy atom. The number of esters is 1. The lowest BCUT2D eigenvalue weighted by Crippen LogP contribution is -2.43. The Balaban J connectivity index is 1.23. The van der Waals surface area contributed by atoms with Gasteiger partial charge in [-0.25, -0.2) is 9.78 Å². The molecular weight excluding hydrogens is 951 g/mol. The number of aromatic nitrogens is 1. The minimum atomic E-state index is -1.28. The van der Waals surface area contributed by atoms with Crippen molar-refractivity contribution in [3.8, 4) is 34.8 Å². The topological polar surface area (TPSA) is 255 Å². The van der Waals surface area contributed by atoms with E-state index in [9.17, 15) is 34.0 Å². The first kappa shape index (κ1) is 55.0. The maximum absolute atomic E-state index is 13.9. The second-order valence-electron chi connectivity index (χ2n) is 15.4. The highest BCUT2D eigenvalue weighted by Gasteiger charge is 2.27. The molecule has 0 fully saturated rings. The molecule has 19 nitrogen and oxygen atoms in total. The van der Waals surface area contributed by atoms with E-state index in [2.05, 4.69) is 57.9 Å². The number of benzene rings is 4. The van der Waals surface area contributed by atoms with Crippen LogP contribution >= 0.6 is 0 Å². The molecule has 5 rings (SSSR count). The number of carbonyl (C=O) groups excluding carboxylic acids is 6. The summed E-state index contributed by atoms with van der Waals surface area (Å²) in [5.41, 5.74) is 2.08. The molecule has 1 atom stereocenters. The van der Waals surface area contributed by atoms with E-state index < -0.39 is 35.6 Å². The van der Waals surface area contributed by atoms with Crippen LogP contribution in [0.4, 0.5) is 22.7 Å². The maximum atomic E-state index is 13.9. The molecule has 0 spiro atoms. The third kappa shape index (κ3) is 14.8. The molecular formula is C55H53N7O12. The smallest absolute Gasteiger partial charge is 0.342 e. The molecule has 0 unspecified atom stereocenters. The summed E-state index contributed by atoms with van der Waals surface area (Å²) in [5, 5.41) is 22.9. The third-order valence-electron chi connectivity index (χ3n) is 10.2. The number of hydrogen-bond acceptors (Lipinski definition) is 14. The van der Waals surface area contributed by atoms with E-state index in [1.165, 1.54) is 99.3 Å². The average molecular weight is 1000 g/mol. The molecule has 1 aromatic heterocycles. The van der Waals surface area contributed by atoms with Gasteiger partial charge in [0.2, 0.25) is 5.91 Å². The summed E-state index contributed by atoms with van der Waals surface area (Å²) in [6.07, 6.45) is 8.50. The SMILES string of the molecule is C=CCOC(=O)c1ccc(NC(=O)c2ccc(NC(=O)c3ccc(NC(=O)[C@H](CC#N)NC(=O)c4ccc(NC(=O)C(C)=Cc5ccc(OCC=C)cc5)cc4)cn3)c(OC)c2OCC=C)c(OC)c1OCC=C. The second kappa shape index (κ2) is 27.4. The highest BCUT2D eigenvalue weighted by atomic mass is 16.5. The quantitative estimate of drug-likeness (QED) is 0.0198. The first-order chi connectivity index (χ1) is 35.8. The summed E-state index contributed by atoms with van der Waals surface area (Å²) in [6, 6.07) is 22.2. The lowest BCUT2D eigenvalue weighted by Gasteiger charge is -2.20. The molecule has 4 aromatic carbocycles. The van der Waals surface area contributed by atoms with E-state index in [1.807, 2.05) is 18.2 Å². The van der Waals surface area contributed by atoms with Crippen LogP contribution in [0.15, 0.2) is 147 Å². The van der Waals surface area contributed by atoms with Gasteiger partial charge in [0, 0.05) is 16.8 Å². The van der Waals surface area contributed by atoms with Gasteiger partial charge in [-0.1, -0.05) is 62.8 Å². The zero-order chi connectivity index (χ0) is 53.6. The van der Waals surface area contributed by atoms with Crippen molar-refractivity contribution in [1.82, 2.24) is 10.3 Å². The Labute approximate surface area is 427 Å². The van der Waals surface area contributed by atoms with Crippen molar-refractivity contribution in [3.05, 3.63) is 175 Å². The van der Waals surface area contributed by atoms with E-state index in [-0.39, 0.29) is 94.6 Å².